The molecule has 6 nitrogen and oxygen atoms in total. The number of rotatable bonds is 4. The topological polar surface area (TPSA) is 51.2 Å². The molecule has 0 aromatic heterocycles. The summed E-state index contributed by atoms with van der Waals surface area (Å²) in [6, 6.07) is 8.61. The van der Waals surface area contributed by atoms with Gasteiger partial charge in [-0.15, -0.1) is 0 Å². The number of benzene rings is 1. The van der Waals surface area contributed by atoms with Crippen molar-refractivity contribution in [2.45, 2.75) is 31.5 Å². The lowest BCUT2D eigenvalue weighted by Crippen LogP contribution is -2.54. The van der Waals surface area contributed by atoms with E-state index >= 15 is 0 Å². The van der Waals surface area contributed by atoms with E-state index in [1.165, 1.54) is 5.56 Å². The molecule has 6 heteroatoms. The number of hydrogen-bond acceptors (Lipinski definition) is 5. The van der Waals surface area contributed by atoms with Crippen molar-refractivity contribution in [2.24, 2.45) is 5.92 Å². The zero-order chi connectivity index (χ0) is 17.9. The van der Waals surface area contributed by atoms with Crippen LogP contribution in [0.4, 0.5) is 0 Å². The first-order valence-electron chi connectivity index (χ1n) is 9.59. The molecule has 3 saturated heterocycles. The number of methoxy groups -OCH3 is 1. The van der Waals surface area contributed by atoms with Crippen LogP contribution in [0.25, 0.3) is 0 Å². The summed E-state index contributed by atoms with van der Waals surface area (Å²) < 4.78 is 16.7. The second-order valence-corrected chi connectivity index (χ2v) is 7.42. The summed E-state index contributed by atoms with van der Waals surface area (Å²) in [4.78, 5) is 17.4. The molecular formula is C20H28N2O4. The van der Waals surface area contributed by atoms with Gasteiger partial charge in [0.05, 0.1) is 32.3 Å². The van der Waals surface area contributed by atoms with Crippen LogP contribution in [0.5, 0.6) is 5.75 Å². The number of likely N-dealkylation sites (tertiary alicyclic amines) is 1. The van der Waals surface area contributed by atoms with E-state index in [-0.39, 0.29) is 17.9 Å². The summed E-state index contributed by atoms with van der Waals surface area (Å²) >= 11 is 0. The van der Waals surface area contributed by atoms with Gasteiger partial charge < -0.3 is 19.1 Å². The maximum atomic E-state index is 13.0. The highest BCUT2D eigenvalue weighted by Gasteiger charge is 2.43. The molecule has 0 radical (unpaired) electrons. The molecule has 3 fully saturated rings. The van der Waals surface area contributed by atoms with Crippen molar-refractivity contribution in [2.75, 3.05) is 46.6 Å². The molecule has 0 N–H and O–H groups in total. The fourth-order valence-electron chi connectivity index (χ4n) is 4.46. The molecule has 0 bridgehead atoms. The van der Waals surface area contributed by atoms with Crippen LogP contribution < -0.4 is 4.74 Å². The number of carbonyl (C=O) groups excluding carboxylic acids is 1. The zero-order valence-corrected chi connectivity index (χ0v) is 15.4. The molecule has 3 aliphatic heterocycles. The standard InChI is InChI=1S/C20H28N2O4/c1-24-17-4-2-3-15(11-17)13-22-14-16(12-19-18(22)5-8-26-19)20(23)21-6-9-25-10-7-21/h2-4,11,16,18-19H,5-10,12-14H2,1H3/t16-,18+,19+/m0/s1. The van der Waals surface area contributed by atoms with E-state index in [0.29, 0.717) is 32.3 Å². The van der Waals surface area contributed by atoms with Crippen molar-refractivity contribution in [1.82, 2.24) is 9.80 Å². The summed E-state index contributed by atoms with van der Waals surface area (Å²) in [6.45, 7) is 5.14. The molecule has 142 valence electrons. The van der Waals surface area contributed by atoms with Gasteiger partial charge in [-0.25, -0.2) is 0 Å². The molecule has 3 aliphatic rings. The highest BCUT2D eigenvalue weighted by atomic mass is 16.5. The summed E-state index contributed by atoms with van der Waals surface area (Å²) in [5.41, 5.74) is 1.22. The minimum Gasteiger partial charge on any atom is -0.497 e. The van der Waals surface area contributed by atoms with Gasteiger partial charge in [-0.2, -0.15) is 0 Å². The van der Waals surface area contributed by atoms with Crippen LogP contribution >= 0.6 is 0 Å². The average Bonchev–Trinajstić information content (AvgIpc) is 3.17. The number of carbonyl (C=O) groups is 1. The van der Waals surface area contributed by atoms with E-state index in [0.717, 1.165) is 38.3 Å². The summed E-state index contributed by atoms with van der Waals surface area (Å²) in [6.07, 6.45) is 2.06. The highest BCUT2D eigenvalue weighted by Crippen LogP contribution is 2.33. The van der Waals surface area contributed by atoms with Gasteiger partial charge >= 0.3 is 0 Å². The lowest BCUT2D eigenvalue weighted by Gasteiger charge is -2.42. The third kappa shape index (κ3) is 3.72. The molecule has 4 rings (SSSR count). The van der Waals surface area contributed by atoms with Crippen molar-refractivity contribution >= 4 is 5.91 Å². The van der Waals surface area contributed by atoms with Gasteiger partial charge in [0.1, 0.15) is 5.75 Å². The highest BCUT2D eigenvalue weighted by molar-refractivity contribution is 5.79. The molecule has 1 aromatic rings. The largest absolute Gasteiger partial charge is 0.497 e. The lowest BCUT2D eigenvalue weighted by atomic mass is 9.88. The number of ether oxygens (including phenoxy) is 3. The zero-order valence-electron chi connectivity index (χ0n) is 15.4. The predicted octanol–water partition coefficient (Wildman–Crippen LogP) is 1.53. The van der Waals surface area contributed by atoms with Crippen LogP contribution in [-0.4, -0.2) is 74.4 Å². The van der Waals surface area contributed by atoms with Gasteiger partial charge in [-0.05, 0) is 30.5 Å². The normalized spacial score (nSPS) is 29.4. The Morgan fingerprint density at radius 2 is 2.12 bits per heavy atom. The summed E-state index contributed by atoms with van der Waals surface area (Å²) in [5, 5.41) is 0. The van der Waals surface area contributed by atoms with Gasteiger partial charge in [-0.1, -0.05) is 12.1 Å². The third-order valence-electron chi connectivity index (χ3n) is 5.81. The Balaban J connectivity index is 1.48. The van der Waals surface area contributed by atoms with Crippen molar-refractivity contribution in [3.05, 3.63) is 29.8 Å². The minimum atomic E-state index is 0.0121. The van der Waals surface area contributed by atoms with Gasteiger partial charge in [0.2, 0.25) is 5.91 Å². The molecule has 1 aromatic carbocycles. The number of fused-ring (bicyclic) bond motifs is 1. The first kappa shape index (κ1) is 17.8. The van der Waals surface area contributed by atoms with Crippen LogP contribution in [0.15, 0.2) is 24.3 Å². The Bertz CT molecular complexity index is 632. The molecule has 26 heavy (non-hydrogen) atoms. The number of amides is 1. The average molecular weight is 360 g/mol. The molecule has 3 atom stereocenters. The smallest absolute Gasteiger partial charge is 0.227 e. The second kappa shape index (κ2) is 7.94. The number of hydrogen-bond donors (Lipinski definition) is 0. The fourth-order valence-corrected chi connectivity index (χ4v) is 4.46. The Morgan fingerprint density at radius 3 is 2.92 bits per heavy atom. The van der Waals surface area contributed by atoms with E-state index in [1.807, 2.05) is 17.0 Å². The summed E-state index contributed by atoms with van der Waals surface area (Å²) in [7, 11) is 1.69. The SMILES string of the molecule is COc1cccc(CN2C[C@@H](C(=O)N3CCOCC3)C[C@H]3OCC[C@H]32)c1. The van der Waals surface area contributed by atoms with E-state index in [4.69, 9.17) is 14.2 Å². The van der Waals surface area contributed by atoms with Crippen molar-refractivity contribution in [3.63, 3.8) is 0 Å². The Kier molecular flexibility index (Phi) is 5.43. The fraction of sp³-hybridized carbons (Fsp3) is 0.650. The molecule has 0 aliphatic carbocycles. The second-order valence-electron chi connectivity index (χ2n) is 7.42. The lowest BCUT2D eigenvalue weighted by molar-refractivity contribution is -0.144. The van der Waals surface area contributed by atoms with Crippen molar-refractivity contribution < 1.29 is 19.0 Å². The molecule has 0 saturated carbocycles. The predicted molar refractivity (Wildman–Crippen MR) is 97.1 cm³/mol. The minimum absolute atomic E-state index is 0.0121. The molecule has 1 amide bonds. The molecule has 0 unspecified atom stereocenters. The molecular weight excluding hydrogens is 332 g/mol. The van der Waals surface area contributed by atoms with E-state index in [2.05, 4.69) is 17.0 Å². The van der Waals surface area contributed by atoms with Crippen LogP contribution in [0.2, 0.25) is 0 Å². The third-order valence-corrected chi connectivity index (χ3v) is 5.81. The van der Waals surface area contributed by atoms with Crippen LogP contribution in [0.3, 0.4) is 0 Å². The first-order valence-corrected chi connectivity index (χ1v) is 9.59. The quantitative estimate of drug-likeness (QED) is 0.815. The van der Waals surface area contributed by atoms with Gasteiger partial charge in [-0.3, -0.25) is 9.69 Å². The van der Waals surface area contributed by atoms with Gasteiger partial charge in [0.15, 0.2) is 0 Å². The summed E-state index contributed by atoms with van der Waals surface area (Å²) in [5.74, 6) is 1.15. The van der Waals surface area contributed by atoms with E-state index in [9.17, 15) is 4.79 Å². The van der Waals surface area contributed by atoms with E-state index < -0.39 is 0 Å². The van der Waals surface area contributed by atoms with Crippen molar-refractivity contribution in [3.8, 4) is 5.75 Å². The maximum absolute atomic E-state index is 13.0. The monoisotopic (exact) mass is 360 g/mol. The molecule has 0 spiro atoms. The Hall–Kier alpha value is -1.63. The van der Waals surface area contributed by atoms with Crippen LogP contribution in [0.1, 0.15) is 18.4 Å². The maximum Gasteiger partial charge on any atom is 0.227 e. The molecule has 3 heterocycles. The van der Waals surface area contributed by atoms with Gasteiger partial charge in [0.25, 0.3) is 0 Å². The van der Waals surface area contributed by atoms with Crippen molar-refractivity contribution in [1.29, 1.82) is 0 Å². The van der Waals surface area contributed by atoms with Gasteiger partial charge in [0, 0.05) is 38.8 Å². The number of morpholine rings is 1. The number of piperidine rings is 1. The first-order chi connectivity index (χ1) is 12.7. The Morgan fingerprint density at radius 1 is 1.27 bits per heavy atom. The van der Waals surface area contributed by atoms with Crippen LogP contribution in [-0.2, 0) is 20.8 Å². The Labute approximate surface area is 155 Å². The number of nitrogens with zero attached hydrogens (tertiary/aromatic N) is 2. The van der Waals surface area contributed by atoms with Crippen LogP contribution in [0, 0.1) is 5.92 Å². The van der Waals surface area contributed by atoms with E-state index in [1.54, 1.807) is 7.11 Å².